The van der Waals surface area contributed by atoms with E-state index in [1.54, 1.807) is 66.7 Å². The molecular weight excluding hydrogens is 546 g/mol. The predicted molar refractivity (Wildman–Crippen MR) is 152 cm³/mol. The minimum absolute atomic E-state index is 0.193. The second-order valence-electron chi connectivity index (χ2n) is 8.05. The first-order chi connectivity index (χ1) is 18.2. The largest absolute Gasteiger partial charge is 0.495 e. The smallest absolute Gasteiger partial charge is 0.285 e. The van der Waals surface area contributed by atoms with Crippen molar-refractivity contribution in [1.82, 2.24) is 10.4 Å². The molecule has 1 aliphatic heterocycles. The topological polar surface area (TPSA) is 97.0 Å². The van der Waals surface area contributed by atoms with Crippen molar-refractivity contribution in [2.75, 3.05) is 19.0 Å². The molecule has 0 aliphatic carbocycles. The number of carbonyl (C=O) groups excluding carboxylic acids is 3. The van der Waals surface area contributed by atoms with Gasteiger partial charge in [-0.05, 0) is 72.7 Å². The lowest BCUT2D eigenvalue weighted by atomic mass is 10.1. The van der Waals surface area contributed by atoms with Gasteiger partial charge in [0.2, 0.25) is 0 Å². The maximum absolute atomic E-state index is 12.9. The average Bonchev–Trinajstić information content (AvgIpc) is 3.15. The number of hydrogen-bond donors (Lipinski definition) is 2. The van der Waals surface area contributed by atoms with Gasteiger partial charge in [0.25, 0.3) is 17.7 Å². The van der Waals surface area contributed by atoms with Crippen LogP contribution in [0.5, 0.6) is 11.5 Å². The maximum Gasteiger partial charge on any atom is 0.285 e. The number of nitrogens with one attached hydrogen (secondary N) is 2. The third-order valence-corrected chi connectivity index (χ3v) is 6.92. The molecule has 0 atom stereocenters. The van der Waals surface area contributed by atoms with E-state index in [-0.39, 0.29) is 27.4 Å². The molecule has 8 nitrogen and oxygen atoms in total. The number of para-hydroxylation sites is 2. The summed E-state index contributed by atoms with van der Waals surface area (Å²) in [5, 5.41) is 4.05. The number of hydrazine groups is 1. The van der Waals surface area contributed by atoms with Gasteiger partial charge in [-0.1, -0.05) is 53.7 Å². The lowest BCUT2D eigenvalue weighted by Gasteiger charge is -2.16. The first kappa shape index (κ1) is 27.2. The third kappa shape index (κ3) is 6.52. The summed E-state index contributed by atoms with van der Waals surface area (Å²) in [4.78, 5) is 38.1. The zero-order valence-corrected chi connectivity index (χ0v) is 22.7. The van der Waals surface area contributed by atoms with Gasteiger partial charge in [0, 0.05) is 0 Å². The summed E-state index contributed by atoms with van der Waals surface area (Å²) in [7, 11) is 1.53. The Morgan fingerprint density at radius 2 is 1.84 bits per heavy atom. The van der Waals surface area contributed by atoms with Crippen LogP contribution >= 0.6 is 35.6 Å². The second-order valence-corrected chi connectivity index (χ2v) is 10.1. The Labute approximate surface area is 233 Å². The van der Waals surface area contributed by atoms with Crippen LogP contribution in [0.25, 0.3) is 6.08 Å². The first-order valence-electron chi connectivity index (χ1n) is 11.3. The molecule has 4 rings (SSSR count). The number of thiocarbonyl (C=S) groups is 1. The van der Waals surface area contributed by atoms with Crippen LogP contribution in [0.2, 0.25) is 5.02 Å². The molecule has 1 saturated heterocycles. The summed E-state index contributed by atoms with van der Waals surface area (Å²) in [6, 6.07) is 18.9. The molecule has 0 radical (unpaired) electrons. The molecule has 0 unspecified atom stereocenters. The number of carbonyl (C=O) groups is 3. The van der Waals surface area contributed by atoms with Crippen molar-refractivity contribution in [2.45, 2.75) is 6.92 Å². The number of hydrogen-bond acceptors (Lipinski definition) is 7. The Morgan fingerprint density at radius 3 is 2.55 bits per heavy atom. The fourth-order valence-electron chi connectivity index (χ4n) is 3.42. The van der Waals surface area contributed by atoms with Crippen molar-refractivity contribution < 1.29 is 23.9 Å². The number of amides is 3. The normalized spacial score (nSPS) is 14.0. The fraction of sp³-hybridized carbons (Fsp3) is 0.111. The van der Waals surface area contributed by atoms with Gasteiger partial charge in [0.1, 0.15) is 11.5 Å². The summed E-state index contributed by atoms with van der Waals surface area (Å²) in [6.07, 6.45) is 1.66. The number of thioether (sulfide) groups is 1. The van der Waals surface area contributed by atoms with E-state index in [1.165, 1.54) is 7.11 Å². The molecule has 0 aromatic heterocycles. The van der Waals surface area contributed by atoms with Gasteiger partial charge in [0.05, 0.1) is 28.3 Å². The molecule has 11 heteroatoms. The molecule has 0 spiro atoms. The van der Waals surface area contributed by atoms with Crippen LogP contribution in [0.1, 0.15) is 21.5 Å². The van der Waals surface area contributed by atoms with Gasteiger partial charge in [0.15, 0.2) is 10.9 Å². The number of nitrogens with zero attached hydrogens (tertiary/aromatic N) is 1. The molecule has 3 amide bonds. The van der Waals surface area contributed by atoms with Crippen molar-refractivity contribution >= 4 is 69.4 Å². The predicted octanol–water partition coefficient (Wildman–Crippen LogP) is 5.22. The Bertz CT molecular complexity index is 1440. The molecule has 3 aromatic rings. The second kappa shape index (κ2) is 12.1. The van der Waals surface area contributed by atoms with Crippen LogP contribution in [0.3, 0.4) is 0 Å². The summed E-state index contributed by atoms with van der Waals surface area (Å²) < 4.78 is 11.0. The highest BCUT2D eigenvalue weighted by Crippen LogP contribution is 2.32. The van der Waals surface area contributed by atoms with E-state index < -0.39 is 11.8 Å². The summed E-state index contributed by atoms with van der Waals surface area (Å²) in [5.41, 5.74) is 4.93. The Balaban J connectivity index is 1.35. The number of aryl methyl sites for hydroxylation is 1. The number of ether oxygens (including phenoxy) is 2. The van der Waals surface area contributed by atoms with Gasteiger partial charge in [-0.2, -0.15) is 5.01 Å². The molecule has 38 heavy (non-hydrogen) atoms. The average molecular weight is 568 g/mol. The van der Waals surface area contributed by atoms with Crippen LogP contribution in [0.4, 0.5) is 5.69 Å². The fourth-order valence-corrected chi connectivity index (χ4v) is 4.93. The quantitative estimate of drug-likeness (QED) is 0.284. The van der Waals surface area contributed by atoms with Crippen LogP contribution < -0.4 is 20.2 Å². The van der Waals surface area contributed by atoms with E-state index in [1.807, 2.05) is 13.0 Å². The van der Waals surface area contributed by atoms with Crippen molar-refractivity contribution in [3.05, 3.63) is 93.3 Å². The molecule has 0 saturated carbocycles. The highest BCUT2D eigenvalue weighted by Gasteiger charge is 2.34. The molecule has 0 bridgehead atoms. The van der Waals surface area contributed by atoms with E-state index in [9.17, 15) is 14.4 Å². The van der Waals surface area contributed by atoms with Crippen LogP contribution in [0.15, 0.2) is 71.6 Å². The minimum atomic E-state index is -0.538. The SMILES string of the molecule is COc1ccccc1NC(=O)COc1ccc(/C=C2\SC(=S)N(NC(=O)c3ccc(C)cc3Cl)C2=O)cc1. The molecule has 194 valence electrons. The van der Waals surface area contributed by atoms with Gasteiger partial charge in [-0.3, -0.25) is 19.8 Å². The summed E-state index contributed by atoms with van der Waals surface area (Å²) in [6.45, 7) is 1.67. The van der Waals surface area contributed by atoms with Crippen molar-refractivity contribution in [2.24, 2.45) is 0 Å². The number of benzene rings is 3. The minimum Gasteiger partial charge on any atom is -0.495 e. The van der Waals surface area contributed by atoms with E-state index in [2.05, 4.69) is 10.7 Å². The third-order valence-electron chi connectivity index (χ3n) is 5.31. The van der Waals surface area contributed by atoms with E-state index >= 15 is 0 Å². The molecule has 1 aliphatic rings. The molecule has 2 N–H and O–H groups in total. The zero-order valence-electron chi connectivity index (χ0n) is 20.3. The van der Waals surface area contributed by atoms with Crippen LogP contribution in [0, 0.1) is 6.92 Å². The van der Waals surface area contributed by atoms with E-state index in [0.29, 0.717) is 27.7 Å². The highest BCUT2D eigenvalue weighted by atomic mass is 35.5. The molecular formula is C27H22ClN3O5S2. The molecule has 1 fully saturated rings. The molecule has 1 heterocycles. The van der Waals surface area contributed by atoms with Crippen molar-refractivity contribution in [3.8, 4) is 11.5 Å². The lowest BCUT2D eigenvalue weighted by Crippen LogP contribution is -2.44. The summed E-state index contributed by atoms with van der Waals surface area (Å²) in [5.74, 6) is -0.300. The van der Waals surface area contributed by atoms with Gasteiger partial charge >= 0.3 is 0 Å². The zero-order chi connectivity index (χ0) is 27.2. The Kier molecular flexibility index (Phi) is 8.67. The standard InChI is InChI=1S/C27H22ClN3O5S2/c1-16-7-12-19(20(28)13-16)25(33)30-31-26(34)23(38-27(31)37)14-17-8-10-18(11-9-17)36-15-24(32)29-21-5-3-4-6-22(21)35-2/h3-14H,15H2,1-2H3,(H,29,32)(H,30,33)/b23-14-. The Hall–Kier alpha value is -3.86. The monoisotopic (exact) mass is 567 g/mol. The molecule has 3 aromatic carbocycles. The number of rotatable bonds is 8. The van der Waals surface area contributed by atoms with Gasteiger partial charge < -0.3 is 14.8 Å². The number of halogens is 1. The lowest BCUT2D eigenvalue weighted by molar-refractivity contribution is -0.123. The van der Waals surface area contributed by atoms with E-state index in [4.69, 9.17) is 33.3 Å². The van der Waals surface area contributed by atoms with Crippen LogP contribution in [-0.4, -0.2) is 40.8 Å². The first-order valence-corrected chi connectivity index (χ1v) is 12.9. The maximum atomic E-state index is 12.9. The van der Waals surface area contributed by atoms with E-state index in [0.717, 1.165) is 22.3 Å². The van der Waals surface area contributed by atoms with Crippen molar-refractivity contribution in [1.29, 1.82) is 0 Å². The van der Waals surface area contributed by atoms with Crippen LogP contribution in [-0.2, 0) is 9.59 Å². The summed E-state index contributed by atoms with van der Waals surface area (Å²) >= 11 is 12.5. The van der Waals surface area contributed by atoms with Gasteiger partial charge in [-0.25, -0.2) is 0 Å². The van der Waals surface area contributed by atoms with Crippen molar-refractivity contribution in [3.63, 3.8) is 0 Å². The highest BCUT2D eigenvalue weighted by molar-refractivity contribution is 8.26. The number of methoxy groups -OCH3 is 1. The van der Waals surface area contributed by atoms with Gasteiger partial charge in [-0.15, -0.1) is 0 Å². The number of anilines is 1. The Morgan fingerprint density at radius 1 is 1.11 bits per heavy atom.